The fraction of sp³-hybridized carbons (Fsp3) is 0.933. The molecule has 1 amide bonds. The van der Waals surface area contributed by atoms with E-state index in [0.29, 0.717) is 6.42 Å². The molecular formula is C15H31N3O2. The van der Waals surface area contributed by atoms with Crippen molar-refractivity contribution in [3.63, 3.8) is 0 Å². The van der Waals surface area contributed by atoms with Gasteiger partial charge in [-0.05, 0) is 58.3 Å². The SMILES string of the molecule is COCCN(C)CCCNC(=O)CCC1CCNCC1. The van der Waals surface area contributed by atoms with E-state index in [1.165, 1.54) is 12.8 Å². The predicted octanol–water partition coefficient (Wildman–Crippen LogP) is 0.851. The van der Waals surface area contributed by atoms with Gasteiger partial charge in [0.05, 0.1) is 6.61 Å². The zero-order valence-corrected chi connectivity index (χ0v) is 13.1. The van der Waals surface area contributed by atoms with E-state index in [9.17, 15) is 4.79 Å². The van der Waals surface area contributed by atoms with Gasteiger partial charge in [0.25, 0.3) is 0 Å². The molecule has 0 aromatic rings. The standard InChI is InChI=1S/C15H31N3O2/c1-18(12-13-20-2)11-3-8-17-15(19)5-4-14-6-9-16-10-7-14/h14,16H,3-13H2,1-2H3,(H,17,19). The minimum atomic E-state index is 0.211. The van der Waals surface area contributed by atoms with Gasteiger partial charge in [0.1, 0.15) is 0 Å². The smallest absolute Gasteiger partial charge is 0.220 e. The van der Waals surface area contributed by atoms with Gasteiger partial charge in [-0.3, -0.25) is 4.79 Å². The van der Waals surface area contributed by atoms with E-state index >= 15 is 0 Å². The van der Waals surface area contributed by atoms with Gasteiger partial charge in [-0.2, -0.15) is 0 Å². The Morgan fingerprint density at radius 2 is 2.10 bits per heavy atom. The third kappa shape index (κ3) is 8.51. The second kappa shape index (κ2) is 11.1. The number of nitrogens with one attached hydrogen (secondary N) is 2. The van der Waals surface area contributed by atoms with Crippen molar-refractivity contribution in [1.82, 2.24) is 15.5 Å². The van der Waals surface area contributed by atoms with Crippen LogP contribution in [0.15, 0.2) is 0 Å². The largest absolute Gasteiger partial charge is 0.383 e. The number of methoxy groups -OCH3 is 1. The van der Waals surface area contributed by atoms with Crippen molar-refractivity contribution in [3.05, 3.63) is 0 Å². The van der Waals surface area contributed by atoms with Gasteiger partial charge < -0.3 is 20.3 Å². The van der Waals surface area contributed by atoms with Crippen LogP contribution in [-0.2, 0) is 9.53 Å². The van der Waals surface area contributed by atoms with Crippen molar-refractivity contribution in [2.75, 3.05) is 53.5 Å². The summed E-state index contributed by atoms with van der Waals surface area (Å²) in [6.07, 6.45) is 5.17. The third-order valence-electron chi connectivity index (χ3n) is 3.95. The first kappa shape index (κ1) is 17.4. The molecule has 0 saturated carbocycles. The number of carbonyl (C=O) groups is 1. The van der Waals surface area contributed by atoms with Crippen molar-refractivity contribution in [2.24, 2.45) is 5.92 Å². The molecule has 1 aliphatic rings. The monoisotopic (exact) mass is 285 g/mol. The molecule has 5 nitrogen and oxygen atoms in total. The minimum Gasteiger partial charge on any atom is -0.383 e. The Morgan fingerprint density at radius 1 is 1.35 bits per heavy atom. The van der Waals surface area contributed by atoms with Crippen LogP contribution in [0.25, 0.3) is 0 Å². The number of hydrogen-bond donors (Lipinski definition) is 2. The number of rotatable bonds is 10. The van der Waals surface area contributed by atoms with Gasteiger partial charge >= 0.3 is 0 Å². The van der Waals surface area contributed by atoms with Crippen LogP contribution in [0, 0.1) is 5.92 Å². The molecule has 1 rings (SSSR count). The maximum atomic E-state index is 11.7. The molecule has 0 aromatic heterocycles. The van der Waals surface area contributed by atoms with E-state index in [1.807, 2.05) is 0 Å². The Balaban J connectivity index is 1.94. The first-order chi connectivity index (χ1) is 9.72. The lowest BCUT2D eigenvalue weighted by atomic mass is 9.93. The summed E-state index contributed by atoms with van der Waals surface area (Å²) in [5.41, 5.74) is 0. The number of ether oxygens (including phenoxy) is 1. The molecule has 1 heterocycles. The summed E-state index contributed by atoms with van der Waals surface area (Å²) in [6.45, 7) is 5.71. The average molecular weight is 285 g/mol. The molecule has 0 unspecified atom stereocenters. The van der Waals surface area contributed by atoms with Crippen LogP contribution in [0.1, 0.15) is 32.1 Å². The highest BCUT2D eigenvalue weighted by Crippen LogP contribution is 2.17. The molecule has 2 N–H and O–H groups in total. The summed E-state index contributed by atoms with van der Waals surface area (Å²) in [4.78, 5) is 14.0. The minimum absolute atomic E-state index is 0.211. The van der Waals surface area contributed by atoms with Crippen LogP contribution < -0.4 is 10.6 Å². The number of piperidine rings is 1. The number of amides is 1. The van der Waals surface area contributed by atoms with Crippen LogP contribution in [0.3, 0.4) is 0 Å². The van der Waals surface area contributed by atoms with Crippen molar-refractivity contribution in [2.45, 2.75) is 32.1 Å². The van der Waals surface area contributed by atoms with Crippen molar-refractivity contribution >= 4 is 5.91 Å². The van der Waals surface area contributed by atoms with E-state index in [-0.39, 0.29) is 5.91 Å². The maximum Gasteiger partial charge on any atom is 0.220 e. The van der Waals surface area contributed by atoms with Crippen LogP contribution >= 0.6 is 0 Å². The number of likely N-dealkylation sites (N-methyl/N-ethyl adjacent to an activating group) is 1. The van der Waals surface area contributed by atoms with Crippen LogP contribution in [-0.4, -0.2) is 64.3 Å². The Bertz CT molecular complexity index is 256. The quantitative estimate of drug-likeness (QED) is 0.584. The summed E-state index contributed by atoms with van der Waals surface area (Å²) < 4.78 is 5.03. The van der Waals surface area contributed by atoms with Gasteiger partial charge in [0, 0.05) is 26.6 Å². The Hall–Kier alpha value is -0.650. The van der Waals surface area contributed by atoms with Crippen molar-refractivity contribution in [1.29, 1.82) is 0 Å². The molecule has 20 heavy (non-hydrogen) atoms. The molecule has 1 fully saturated rings. The molecule has 118 valence electrons. The van der Waals surface area contributed by atoms with Crippen molar-refractivity contribution < 1.29 is 9.53 Å². The second-order valence-electron chi connectivity index (χ2n) is 5.73. The molecule has 0 aliphatic carbocycles. The van der Waals surface area contributed by atoms with Gasteiger partial charge in [0.2, 0.25) is 5.91 Å². The molecule has 0 aromatic carbocycles. The van der Waals surface area contributed by atoms with Crippen molar-refractivity contribution in [3.8, 4) is 0 Å². The fourth-order valence-corrected chi connectivity index (χ4v) is 2.53. The van der Waals surface area contributed by atoms with Crippen LogP contribution in [0.2, 0.25) is 0 Å². The summed E-state index contributed by atoms with van der Waals surface area (Å²) in [5.74, 6) is 0.949. The van der Waals surface area contributed by atoms with E-state index in [1.54, 1.807) is 7.11 Å². The van der Waals surface area contributed by atoms with Gasteiger partial charge in [0.15, 0.2) is 0 Å². The lowest BCUT2D eigenvalue weighted by molar-refractivity contribution is -0.121. The lowest BCUT2D eigenvalue weighted by Gasteiger charge is -2.22. The van der Waals surface area contributed by atoms with E-state index in [2.05, 4.69) is 22.6 Å². The van der Waals surface area contributed by atoms with Gasteiger partial charge in [-0.15, -0.1) is 0 Å². The molecule has 0 radical (unpaired) electrons. The van der Waals surface area contributed by atoms with Crippen LogP contribution in [0.5, 0.6) is 0 Å². The highest BCUT2D eigenvalue weighted by atomic mass is 16.5. The first-order valence-electron chi connectivity index (χ1n) is 7.87. The second-order valence-corrected chi connectivity index (χ2v) is 5.73. The number of carbonyl (C=O) groups excluding carboxylic acids is 1. The topological polar surface area (TPSA) is 53.6 Å². The maximum absolute atomic E-state index is 11.7. The average Bonchev–Trinajstić information content (AvgIpc) is 2.48. The molecule has 0 atom stereocenters. The molecule has 0 spiro atoms. The number of nitrogens with zero attached hydrogens (tertiary/aromatic N) is 1. The van der Waals surface area contributed by atoms with Gasteiger partial charge in [-0.1, -0.05) is 0 Å². The molecule has 5 heteroatoms. The summed E-state index contributed by atoms with van der Waals surface area (Å²) in [6, 6.07) is 0. The first-order valence-corrected chi connectivity index (χ1v) is 7.87. The molecule has 0 bridgehead atoms. The normalized spacial score (nSPS) is 16.6. The lowest BCUT2D eigenvalue weighted by Crippen LogP contribution is -2.31. The number of hydrogen-bond acceptors (Lipinski definition) is 4. The van der Waals surface area contributed by atoms with E-state index < -0.39 is 0 Å². The highest BCUT2D eigenvalue weighted by Gasteiger charge is 2.14. The fourth-order valence-electron chi connectivity index (χ4n) is 2.53. The zero-order valence-electron chi connectivity index (χ0n) is 13.1. The van der Waals surface area contributed by atoms with E-state index in [4.69, 9.17) is 4.74 Å². The van der Waals surface area contributed by atoms with Crippen LogP contribution in [0.4, 0.5) is 0 Å². The summed E-state index contributed by atoms with van der Waals surface area (Å²) in [7, 11) is 3.80. The van der Waals surface area contributed by atoms with Gasteiger partial charge in [-0.25, -0.2) is 0 Å². The van der Waals surface area contributed by atoms with E-state index in [0.717, 1.165) is 58.1 Å². The Labute approximate surface area is 123 Å². The zero-order chi connectivity index (χ0) is 14.6. The Kier molecular flexibility index (Phi) is 9.62. The third-order valence-corrected chi connectivity index (χ3v) is 3.95. The summed E-state index contributed by atoms with van der Waals surface area (Å²) in [5, 5.41) is 6.38. The molecular weight excluding hydrogens is 254 g/mol. The highest BCUT2D eigenvalue weighted by molar-refractivity contribution is 5.75. The molecule has 1 saturated heterocycles. The summed E-state index contributed by atoms with van der Waals surface area (Å²) >= 11 is 0. The molecule has 1 aliphatic heterocycles. The predicted molar refractivity (Wildman–Crippen MR) is 81.8 cm³/mol. The Morgan fingerprint density at radius 3 is 2.80 bits per heavy atom.